The monoisotopic (exact) mass is 326 g/mol. The molecule has 1 N–H and O–H groups in total. The lowest BCUT2D eigenvalue weighted by molar-refractivity contribution is -0.168. The first kappa shape index (κ1) is 19.4. The molecule has 0 aromatic carbocycles. The summed E-state index contributed by atoms with van der Waals surface area (Å²) in [5.41, 5.74) is 0.107. The summed E-state index contributed by atoms with van der Waals surface area (Å²) in [5, 5.41) is 9.38. The van der Waals surface area contributed by atoms with Crippen molar-refractivity contribution in [2.24, 2.45) is 17.8 Å². The number of ether oxygens (including phenoxy) is 2. The van der Waals surface area contributed by atoms with Crippen molar-refractivity contribution in [2.75, 3.05) is 6.61 Å². The number of hydrogen-bond donors (Lipinski definition) is 1. The lowest BCUT2D eigenvalue weighted by Gasteiger charge is -2.37. The molecule has 130 valence electrons. The number of aliphatic hydroxyl groups excluding tert-OH is 1. The number of carbonyl (C=O) groups is 3. The highest BCUT2D eigenvalue weighted by atomic mass is 16.6. The second kappa shape index (κ2) is 8.24. The van der Waals surface area contributed by atoms with E-state index in [2.05, 4.69) is 0 Å². The number of aliphatic hydroxyl groups is 1. The molecule has 0 saturated carbocycles. The zero-order chi connectivity index (χ0) is 17.7. The van der Waals surface area contributed by atoms with Crippen LogP contribution in [0.15, 0.2) is 11.6 Å². The average molecular weight is 326 g/mol. The van der Waals surface area contributed by atoms with E-state index in [1.54, 1.807) is 6.92 Å². The van der Waals surface area contributed by atoms with Crippen LogP contribution in [0.25, 0.3) is 0 Å². The minimum absolute atomic E-state index is 0.0606. The zero-order valence-corrected chi connectivity index (χ0v) is 14.4. The van der Waals surface area contributed by atoms with Gasteiger partial charge >= 0.3 is 11.9 Å². The van der Waals surface area contributed by atoms with Crippen molar-refractivity contribution in [1.82, 2.24) is 0 Å². The number of esters is 2. The fraction of sp³-hybridized carbons (Fsp3) is 0.706. The van der Waals surface area contributed by atoms with Crippen molar-refractivity contribution >= 4 is 17.7 Å². The van der Waals surface area contributed by atoms with Crippen molar-refractivity contribution in [1.29, 1.82) is 0 Å². The maximum absolute atomic E-state index is 12.4. The molecule has 0 heterocycles. The molecule has 0 saturated heterocycles. The molecule has 0 aromatic heterocycles. The first-order valence-electron chi connectivity index (χ1n) is 7.96. The summed E-state index contributed by atoms with van der Waals surface area (Å²) in [7, 11) is 0. The van der Waals surface area contributed by atoms with Crippen LogP contribution < -0.4 is 0 Å². The standard InChI is InChI=1S/C17H26O6/c1-6-10(4)17(21)23-13-7-12(8-18)15(20)16(22-11(5)19)14(13)9(2)3/h7,9-10,13-14,16,18H,6,8H2,1-5H3/t10-,13-,14-,16+/m1/s1. The SMILES string of the molecule is CC[C@@H](C)C(=O)O[C@@H]1C=C(CO)C(=O)[C@@H](OC(C)=O)[C@@H]1C(C)C. The first-order chi connectivity index (χ1) is 10.7. The van der Waals surface area contributed by atoms with Gasteiger partial charge < -0.3 is 14.6 Å². The van der Waals surface area contributed by atoms with Crippen LogP contribution in [0.1, 0.15) is 41.0 Å². The molecular weight excluding hydrogens is 300 g/mol. The Morgan fingerprint density at radius 1 is 1.26 bits per heavy atom. The smallest absolute Gasteiger partial charge is 0.309 e. The molecule has 1 aliphatic rings. The van der Waals surface area contributed by atoms with E-state index in [-0.39, 0.29) is 23.4 Å². The van der Waals surface area contributed by atoms with Gasteiger partial charge in [0.1, 0.15) is 6.10 Å². The summed E-state index contributed by atoms with van der Waals surface area (Å²) in [4.78, 5) is 35.8. The van der Waals surface area contributed by atoms with Crippen LogP contribution in [-0.2, 0) is 23.9 Å². The van der Waals surface area contributed by atoms with Gasteiger partial charge in [-0.05, 0) is 18.4 Å². The molecule has 0 bridgehead atoms. The molecule has 1 aliphatic carbocycles. The third kappa shape index (κ3) is 4.64. The fourth-order valence-corrected chi connectivity index (χ4v) is 2.62. The molecule has 0 aromatic rings. The number of Topliss-reactive ketones (excluding diaryl/α,β-unsaturated/α-hetero) is 1. The number of rotatable bonds is 6. The van der Waals surface area contributed by atoms with Gasteiger partial charge in [-0.15, -0.1) is 0 Å². The Balaban J connectivity index is 3.17. The molecule has 0 radical (unpaired) electrons. The largest absolute Gasteiger partial charge is 0.457 e. The Labute approximate surface area is 136 Å². The average Bonchev–Trinajstić information content (AvgIpc) is 2.48. The van der Waals surface area contributed by atoms with Crippen molar-refractivity contribution < 1.29 is 29.0 Å². The van der Waals surface area contributed by atoms with Crippen LogP contribution in [0.3, 0.4) is 0 Å². The van der Waals surface area contributed by atoms with Crippen LogP contribution in [0.4, 0.5) is 0 Å². The van der Waals surface area contributed by atoms with E-state index in [1.807, 2.05) is 20.8 Å². The molecule has 6 nitrogen and oxygen atoms in total. The summed E-state index contributed by atoms with van der Waals surface area (Å²) in [5.74, 6) is -2.19. The molecule has 6 heteroatoms. The second-order valence-electron chi connectivity index (χ2n) is 6.28. The van der Waals surface area contributed by atoms with E-state index < -0.39 is 36.5 Å². The van der Waals surface area contributed by atoms with E-state index in [9.17, 15) is 19.5 Å². The molecular formula is C17H26O6. The molecule has 0 aliphatic heterocycles. The number of hydrogen-bond acceptors (Lipinski definition) is 6. The van der Waals surface area contributed by atoms with Gasteiger partial charge in [0, 0.05) is 18.4 Å². The van der Waals surface area contributed by atoms with Gasteiger partial charge in [0.25, 0.3) is 0 Å². The van der Waals surface area contributed by atoms with Crippen LogP contribution >= 0.6 is 0 Å². The van der Waals surface area contributed by atoms with Crippen LogP contribution in [0, 0.1) is 17.8 Å². The molecule has 4 atom stereocenters. The van der Waals surface area contributed by atoms with E-state index in [4.69, 9.17) is 9.47 Å². The van der Waals surface area contributed by atoms with E-state index in [0.29, 0.717) is 6.42 Å². The Bertz CT molecular complexity index is 493. The third-order valence-corrected chi connectivity index (χ3v) is 4.17. The Hall–Kier alpha value is -1.69. The van der Waals surface area contributed by atoms with Gasteiger partial charge in [0.05, 0.1) is 12.5 Å². The summed E-state index contributed by atoms with van der Waals surface area (Å²) in [6.07, 6.45) is 0.365. The lowest BCUT2D eigenvalue weighted by Crippen LogP contribution is -2.48. The molecule has 1 rings (SSSR count). The van der Waals surface area contributed by atoms with Gasteiger partial charge in [0.2, 0.25) is 5.78 Å². The summed E-state index contributed by atoms with van der Waals surface area (Å²) in [6, 6.07) is 0. The van der Waals surface area contributed by atoms with Crippen molar-refractivity contribution in [3.05, 3.63) is 11.6 Å². The predicted octanol–water partition coefficient (Wildman–Crippen LogP) is 1.65. The Kier molecular flexibility index (Phi) is 6.94. The summed E-state index contributed by atoms with van der Waals surface area (Å²) < 4.78 is 10.7. The van der Waals surface area contributed by atoms with Gasteiger partial charge in [-0.1, -0.05) is 27.7 Å². The highest BCUT2D eigenvalue weighted by molar-refractivity contribution is 6.01. The van der Waals surface area contributed by atoms with Crippen LogP contribution in [-0.4, -0.2) is 41.6 Å². The minimum atomic E-state index is -1.05. The summed E-state index contributed by atoms with van der Waals surface area (Å²) in [6.45, 7) is 8.13. The van der Waals surface area contributed by atoms with Crippen LogP contribution in [0.2, 0.25) is 0 Å². The van der Waals surface area contributed by atoms with E-state index in [0.717, 1.165) is 0 Å². The molecule has 23 heavy (non-hydrogen) atoms. The number of carbonyl (C=O) groups excluding carboxylic acids is 3. The molecule has 0 unspecified atom stereocenters. The first-order valence-corrected chi connectivity index (χ1v) is 7.96. The zero-order valence-electron chi connectivity index (χ0n) is 14.4. The Morgan fingerprint density at radius 2 is 1.87 bits per heavy atom. The highest BCUT2D eigenvalue weighted by Gasteiger charge is 2.44. The highest BCUT2D eigenvalue weighted by Crippen LogP contribution is 2.32. The molecule has 0 amide bonds. The third-order valence-electron chi connectivity index (χ3n) is 4.17. The predicted molar refractivity (Wildman–Crippen MR) is 83.4 cm³/mol. The van der Waals surface area contributed by atoms with Crippen molar-refractivity contribution in [3.63, 3.8) is 0 Å². The van der Waals surface area contributed by atoms with Gasteiger partial charge in [-0.25, -0.2) is 0 Å². The second-order valence-corrected chi connectivity index (χ2v) is 6.28. The Morgan fingerprint density at radius 3 is 2.30 bits per heavy atom. The lowest BCUT2D eigenvalue weighted by atomic mass is 9.77. The quantitative estimate of drug-likeness (QED) is 0.747. The normalized spacial score (nSPS) is 25.8. The summed E-state index contributed by atoms with van der Waals surface area (Å²) >= 11 is 0. The van der Waals surface area contributed by atoms with E-state index in [1.165, 1.54) is 13.0 Å². The van der Waals surface area contributed by atoms with Gasteiger partial charge in [0.15, 0.2) is 6.10 Å². The van der Waals surface area contributed by atoms with Crippen LogP contribution in [0.5, 0.6) is 0 Å². The van der Waals surface area contributed by atoms with E-state index >= 15 is 0 Å². The van der Waals surface area contributed by atoms with Gasteiger partial charge in [-0.2, -0.15) is 0 Å². The van der Waals surface area contributed by atoms with Crippen molar-refractivity contribution in [2.45, 2.75) is 53.2 Å². The minimum Gasteiger partial charge on any atom is -0.457 e. The van der Waals surface area contributed by atoms with Gasteiger partial charge in [-0.3, -0.25) is 14.4 Å². The maximum Gasteiger partial charge on any atom is 0.309 e. The number of ketones is 1. The fourth-order valence-electron chi connectivity index (χ4n) is 2.62. The molecule has 0 fully saturated rings. The van der Waals surface area contributed by atoms with Crippen molar-refractivity contribution in [3.8, 4) is 0 Å². The maximum atomic E-state index is 12.4. The topological polar surface area (TPSA) is 89.9 Å². The molecule has 0 spiro atoms.